The third-order valence-electron chi connectivity index (χ3n) is 1.53. The summed E-state index contributed by atoms with van der Waals surface area (Å²) in [5.41, 5.74) is 0. The Morgan fingerprint density at radius 1 is 1.00 bits per heavy atom. The van der Waals surface area contributed by atoms with Gasteiger partial charge in [-0.1, -0.05) is 0 Å². The zero-order valence-corrected chi connectivity index (χ0v) is 10.7. The van der Waals surface area contributed by atoms with Crippen molar-refractivity contribution in [1.82, 2.24) is 0 Å². The standard InChI is InChI=1S/C7H18O6P2/c1-3-12-15(11,13-4-2)7-5-6-14(8,9)10/h3-7H2,1-2H3,(H2,8,9,10). The van der Waals surface area contributed by atoms with E-state index < -0.39 is 15.2 Å². The van der Waals surface area contributed by atoms with Crippen molar-refractivity contribution in [2.75, 3.05) is 25.5 Å². The van der Waals surface area contributed by atoms with Gasteiger partial charge in [-0.15, -0.1) is 0 Å². The highest BCUT2D eigenvalue weighted by Crippen LogP contribution is 2.49. The summed E-state index contributed by atoms with van der Waals surface area (Å²) in [7, 11) is -7.17. The van der Waals surface area contributed by atoms with Crippen LogP contribution in [0.1, 0.15) is 20.3 Å². The maximum absolute atomic E-state index is 11.8. The average molecular weight is 260 g/mol. The SMILES string of the molecule is CCOP(=O)(CCCP(=O)(O)O)OCC. The lowest BCUT2D eigenvalue weighted by molar-refractivity contribution is 0.220. The van der Waals surface area contributed by atoms with Crippen LogP contribution in [0.15, 0.2) is 0 Å². The fraction of sp³-hybridized carbons (Fsp3) is 1.00. The van der Waals surface area contributed by atoms with Gasteiger partial charge in [0.25, 0.3) is 0 Å². The van der Waals surface area contributed by atoms with Crippen molar-refractivity contribution in [3.05, 3.63) is 0 Å². The lowest BCUT2D eigenvalue weighted by Crippen LogP contribution is -2.02. The third-order valence-corrected chi connectivity index (χ3v) is 4.60. The molecular weight excluding hydrogens is 242 g/mol. The number of hydrogen-bond acceptors (Lipinski definition) is 4. The first-order valence-electron chi connectivity index (χ1n) is 4.75. The second kappa shape index (κ2) is 6.79. The van der Waals surface area contributed by atoms with E-state index in [0.29, 0.717) is 0 Å². The Bertz CT molecular complexity index is 250. The molecule has 0 saturated carbocycles. The van der Waals surface area contributed by atoms with E-state index in [-0.39, 0.29) is 32.0 Å². The largest absolute Gasteiger partial charge is 0.330 e. The molecule has 92 valence electrons. The minimum Gasteiger partial charge on any atom is -0.324 e. The van der Waals surface area contributed by atoms with E-state index in [1.807, 2.05) is 0 Å². The van der Waals surface area contributed by atoms with Crippen LogP contribution in [0, 0.1) is 0 Å². The van der Waals surface area contributed by atoms with Gasteiger partial charge in [-0.05, 0) is 20.3 Å². The molecule has 2 N–H and O–H groups in total. The average Bonchev–Trinajstić information content (AvgIpc) is 2.01. The van der Waals surface area contributed by atoms with Crippen molar-refractivity contribution < 1.29 is 28.0 Å². The van der Waals surface area contributed by atoms with Crippen LogP contribution >= 0.6 is 15.2 Å². The molecule has 0 aliphatic heterocycles. The number of rotatable bonds is 8. The molecule has 0 rings (SSSR count). The second-order valence-corrected chi connectivity index (χ2v) is 6.87. The zero-order valence-electron chi connectivity index (χ0n) is 8.96. The molecule has 15 heavy (non-hydrogen) atoms. The van der Waals surface area contributed by atoms with E-state index in [4.69, 9.17) is 18.8 Å². The van der Waals surface area contributed by atoms with Crippen LogP contribution in [-0.2, 0) is 18.2 Å². The Hall–Kier alpha value is 0.300. The van der Waals surface area contributed by atoms with Crippen molar-refractivity contribution in [2.24, 2.45) is 0 Å². The van der Waals surface area contributed by atoms with E-state index in [2.05, 4.69) is 0 Å². The topological polar surface area (TPSA) is 93.1 Å². The summed E-state index contributed by atoms with van der Waals surface area (Å²) in [4.78, 5) is 17.2. The highest BCUT2D eigenvalue weighted by molar-refractivity contribution is 7.54. The molecule has 0 bridgehead atoms. The summed E-state index contributed by atoms with van der Waals surface area (Å²) in [5.74, 6) is 0. The minimum absolute atomic E-state index is 0.0415. The first-order chi connectivity index (χ1) is 6.83. The van der Waals surface area contributed by atoms with E-state index >= 15 is 0 Å². The summed E-state index contributed by atoms with van der Waals surface area (Å²) in [5, 5.41) is 0. The van der Waals surface area contributed by atoms with Gasteiger partial charge < -0.3 is 18.8 Å². The van der Waals surface area contributed by atoms with Gasteiger partial charge in [0.2, 0.25) is 0 Å². The molecule has 0 fully saturated rings. The van der Waals surface area contributed by atoms with Crippen molar-refractivity contribution in [3.8, 4) is 0 Å². The molecule has 0 aromatic heterocycles. The van der Waals surface area contributed by atoms with Gasteiger partial charge in [-0.3, -0.25) is 9.13 Å². The molecule has 0 spiro atoms. The molecule has 0 saturated heterocycles. The molecule has 0 aromatic carbocycles. The van der Waals surface area contributed by atoms with Crippen molar-refractivity contribution in [2.45, 2.75) is 20.3 Å². The second-order valence-electron chi connectivity index (χ2n) is 2.91. The van der Waals surface area contributed by atoms with E-state index in [0.717, 1.165) is 0 Å². The maximum Gasteiger partial charge on any atom is 0.330 e. The van der Waals surface area contributed by atoms with Crippen molar-refractivity contribution in [1.29, 1.82) is 0 Å². The summed E-state index contributed by atoms with van der Waals surface area (Å²) < 4.78 is 32.3. The third kappa shape index (κ3) is 8.14. The van der Waals surface area contributed by atoms with Crippen LogP contribution in [0.4, 0.5) is 0 Å². The van der Waals surface area contributed by atoms with Crippen LogP contribution < -0.4 is 0 Å². The molecule has 0 unspecified atom stereocenters. The Labute approximate surface area is 89.7 Å². The van der Waals surface area contributed by atoms with E-state index in [9.17, 15) is 9.13 Å². The minimum atomic E-state index is -4.02. The van der Waals surface area contributed by atoms with Gasteiger partial charge >= 0.3 is 15.2 Å². The van der Waals surface area contributed by atoms with Crippen molar-refractivity contribution >= 4 is 15.2 Å². The molecule has 8 heteroatoms. The van der Waals surface area contributed by atoms with Crippen molar-refractivity contribution in [3.63, 3.8) is 0 Å². The monoisotopic (exact) mass is 260 g/mol. The molecule has 0 aliphatic rings. The van der Waals surface area contributed by atoms with Gasteiger partial charge in [0.05, 0.1) is 25.5 Å². The highest BCUT2D eigenvalue weighted by atomic mass is 31.2. The van der Waals surface area contributed by atoms with E-state index in [1.165, 1.54) is 0 Å². The smallest absolute Gasteiger partial charge is 0.324 e. The molecular formula is C7H18O6P2. The van der Waals surface area contributed by atoms with Crippen LogP contribution in [-0.4, -0.2) is 35.3 Å². The van der Waals surface area contributed by atoms with Crippen LogP contribution in [0.2, 0.25) is 0 Å². The molecule has 0 amide bonds. The predicted molar refractivity (Wildman–Crippen MR) is 57.3 cm³/mol. The quantitative estimate of drug-likeness (QED) is 0.646. The molecule has 0 heterocycles. The highest BCUT2D eigenvalue weighted by Gasteiger charge is 2.24. The van der Waals surface area contributed by atoms with Gasteiger partial charge in [-0.25, -0.2) is 0 Å². The fourth-order valence-corrected chi connectivity index (χ4v) is 3.51. The first-order valence-corrected chi connectivity index (χ1v) is 8.28. The van der Waals surface area contributed by atoms with Gasteiger partial charge in [0.1, 0.15) is 0 Å². The first kappa shape index (κ1) is 15.3. The van der Waals surface area contributed by atoms with Crippen LogP contribution in [0.3, 0.4) is 0 Å². The molecule has 0 aromatic rings. The Morgan fingerprint density at radius 2 is 1.47 bits per heavy atom. The lowest BCUT2D eigenvalue weighted by atomic mass is 10.6. The van der Waals surface area contributed by atoms with E-state index in [1.54, 1.807) is 13.8 Å². The zero-order chi connectivity index (χ0) is 11.9. The molecule has 0 atom stereocenters. The number of hydrogen-bond donors (Lipinski definition) is 2. The maximum atomic E-state index is 11.8. The normalized spacial score (nSPS) is 13.1. The Morgan fingerprint density at radius 3 is 1.80 bits per heavy atom. The van der Waals surface area contributed by atoms with Gasteiger partial charge in [0, 0.05) is 0 Å². The van der Waals surface area contributed by atoms with Crippen LogP contribution in [0.5, 0.6) is 0 Å². The Kier molecular flexibility index (Phi) is 6.93. The molecule has 0 radical (unpaired) electrons. The van der Waals surface area contributed by atoms with Crippen LogP contribution in [0.25, 0.3) is 0 Å². The molecule has 0 aliphatic carbocycles. The molecule has 6 nitrogen and oxygen atoms in total. The Balaban J connectivity index is 4.07. The summed E-state index contributed by atoms with van der Waals surface area (Å²) in [6.45, 7) is 3.89. The summed E-state index contributed by atoms with van der Waals surface area (Å²) in [6, 6.07) is 0. The summed E-state index contributed by atoms with van der Waals surface area (Å²) >= 11 is 0. The predicted octanol–water partition coefficient (Wildman–Crippen LogP) is 1.82. The van der Waals surface area contributed by atoms with Gasteiger partial charge in [-0.2, -0.15) is 0 Å². The lowest BCUT2D eigenvalue weighted by Gasteiger charge is -2.16. The summed E-state index contributed by atoms with van der Waals surface area (Å²) in [6.07, 6.45) is -0.127. The van der Waals surface area contributed by atoms with Gasteiger partial charge in [0.15, 0.2) is 0 Å². The fourth-order valence-electron chi connectivity index (χ4n) is 1.03.